The summed E-state index contributed by atoms with van der Waals surface area (Å²) in [6.45, 7) is 1.88. The Hall–Kier alpha value is -1.17. The summed E-state index contributed by atoms with van der Waals surface area (Å²) in [5.41, 5.74) is 6.19. The molecular formula is C8H13N3O2S. The number of aryl methyl sites for hydroxylation is 1. The molecule has 0 amide bonds. The number of hydrogen-bond acceptors (Lipinski definition) is 5. The fraction of sp³-hybridized carbons (Fsp3) is 0.500. The quantitative estimate of drug-likeness (QED) is 0.195. The smallest absolute Gasteiger partial charge is 0.255 e. The molecule has 0 spiro atoms. The normalized spacial score (nSPS) is 11.9. The van der Waals surface area contributed by atoms with E-state index in [1.807, 2.05) is 6.92 Å². The minimum atomic E-state index is 0.259. The zero-order valence-corrected chi connectivity index (χ0v) is 8.75. The van der Waals surface area contributed by atoms with Gasteiger partial charge in [0.25, 0.3) is 5.22 Å². The number of hydrogen-bond donors (Lipinski definition) is 2. The van der Waals surface area contributed by atoms with Crippen molar-refractivity contribution in [1.82, 2.24) is 4.98 Å². The maximum absolute atomic E-state index is 8.28. The summed E-state index contributed by atoms with van der Waals surface area (Å²) in [7, 11) is 0. The molecule has 1 rings (SSSR count). The number of thioether (sulfide) groups is 1. The minimum Gasteiger partial charge on any atom is -0.440 e. The summed E-state index contributed by atoms with van der Waals surface area (Å²) in [6, 6.07) is 0. The molecule has 5 nitrogen and oxygen atoms in total. The van der Waals surface area contributed by atoms with Crippen LogP contribution in [0.25, 0.3) is 0 Å². The molecule has 78 valence electrons. The van der Waals surface area contributed by atoms with E-state index in [0.29, 0.717) is 11.6 Å². The van der Waals surface area contributed by atoms with Gasteiger partial charge < -0.3 is 15.4 Å². The number of aromatic nitrogens is 1. The lowest BCUT2D eigenvalue weighted by Gasteiger charge is -1.96. The molecule has 0 aliphatic carbocycles. The van der Waals surface area contributed by atoms with E-state index < -0.39 is 0 Å². The third kappa shape index (κ3) is 3.69. The second kappa shape index (κ2) is 5.54. The first kappa shape index (κ1) is 10.9. The van der Waals surface area contributed by atoms with Crippen molar-refractivity contribution in [1.29, 1.82) is 0 Å². The first-order valence-electron chi connectivity index (χ1n) is 4.23. The van der Waals surface area contributed by atoms with Crippen LogP contribution in [-0.4, -0.2) is 21.8 Å². The van der Waals surface area contributed by atoms with Gasteiger partial charge in [0.05, 0.1) is 5.69 Å². The molecule has 14 heavy (non-hydrogen) atoms. The first-order valence-corrected chi connectivity index (χ1v) is 5.22. The highest BCUT2D eigenvalue weighted by Gasteiger charge is 2.01. The molecule has 0 aromatic carbocycles. The van der Waals surface area contributed by atoms with E-state index in [0.717, 1.165) is 17.9 Å². The van der Waals surface area contributed by atoms with Crippen LogP contribution in [0.1, 0.15) is 18.5 Å². The standard InChI is InChI=1S/C8H13N3O2S/c1-6-5-13-8(10-6)14-4-2-3-7(9)11-12/h5,12H,2-4H2,1H3,(H2,9,11). The Balaban J connectivity index is 2.16. The van der Waals surface area contributed by atoms with Crippen molar-refractivity contribution in [3.05, 3.63) is 12.0 Å². The van der Waals surface area contributed by atoms with Crippen LogP contribution in [0.3, 0.4) is 0 Å². The van der Waals surface area contributed by atoms with Gasteiger partial charge in [0, 0.05) is 12.2 Å². The first-order chi connectivity index (χ1) is 6.72. The molecule has 0 bridgehead atoms. The third-order valence-corrected chi connectivity index (χ3v) is 2.46. The number of nitrogens with two attached hydrogens (primary N) is 1. The van der Waals surface area contributed by atoms with Gasteiger partial charge in [-0.2, -0.15) is 0 Å². The highest BCUT2D eigenvalue weighted by atomic mass is 32.2. The summed E-state index contributed by atoms with van der Waals surface area (Å²) in [4.78, 5) is 4.13. The van der Waals surface area contributed by atoms with Gasteiger partial charge in [0.15, 0.2) is 0 Å². The van der Waals surface area contributed by atoms with Crippen LogP contribution < -0.4 is 5.73 Å². The van der Waals surface area contributed by atoms with Gasteiger partial charge in [-0.05, 0) is 13.3 Å². The van der Waals surface area contributed by atoms with Crippen LogP contribution in [0.2, 0.25) is 0 Å². The number of amidine groups is 1. The second-order valence-electron chi connectivity index (χ2n) is 2.80. The predicted molar refractivity (Wildman–Crippen MR) is 54.6 cm³/mol. The van der Waals surface area contributed by atoms with Gasteiger partial charge >= 0.3 is 0 Å². The largest absolute Gasteiger partial charge is 0.440 e. The maximum atomic E-state index is 8.28. The van der Waals surface area contributed by atoms with Gasteiger partial charge in [-0.25, -0.2) is 4.98 Å². The monoisotopic (exact) mass is 215 g/mol. The average molecular weight is 215 g/mol. The molecule has 0 saturated carbocycles. The molecule has 3 N–H and O–H groups in total. The summed E-state index contributed by atoms with van der Waals surface area (Å²) in [5, 5.41) is 11.8. The molecular weight excluding hydrogens is 202 g/mol. The molecule has 0 unspecified atom stereocenters. The average Bonchev–Trinajstić information content (AvgIpc) is 2.58. The van der Waals surface area contributed by atoms with Gasteiger partial charge in [-0.15, -0.1) is 0 Å². The number of oxazole rings is 1. The fourth-order valence-electron chi connectivity index (χ4n) is 0.861. The highest BCUT2D eigenvalue weighted by molar-refractivity contribution is 7.99. The van der Waals surface area contributed by atoms with Crippen LogP contribution in [0, 0.1) is 6.92 Å². The van der Waals surface area contributed by atoms with E-state index in [9.17, 15) is 0 Å². The maximum Gasteiger partial charge on any atom is 0.255 e. The van der Waals surface area contributed by atoms with Gasteiger partial charge in [-0.1, -0.05) is 16.9 Å². The van der Waals surface area contributed by atoms with Crippen molar-refractivity contribution >= 4 is 17.6 Å². The lowest BCUT2D eigenvalue weighted by atomic mass is 10.3. The Kier molecular flexibility index (Phi) is 4.31. The molecule has 1 aromatic rings. The van der Waals surface area contributed by atoms with Crippen LogP contribution in [0.5, 0.6) is 0 Å². The number of rotatable bonds is 5. The van der Waals surface area contributed by atoms with E-state index >= 15 is 0 Å². The van der Waals surface area contributed by atoms with Crippen molar-refractivity contribution in [2.24, 2.45) is 10.9 Å². The van der Waals surface area contributed by atoms with E-state index in [4.69, 9.17) is 15.4 Å². The summed E-state index contributed by atoms with van der Waals surface area (Å²) in [5.74, 6) is 1.10. The molecule has 0 saturated heterocycles. The van der Waals surface area contributed by atoms with Crippen LogP contribution >= 0.6 is 11.8 Å². The lowest BCUT2D eigenvalue weighted by Crippen LogP contribution is -2.11. The molecule has 0 atom stereocenters. The van der Waals surface area contributed by atoms with Crippen molar-refractivity contribution in [3.8, 4) is 0 Å². The summed E-state index contributed by atoms with van der Waals surface area (Å²) >= 11 is 1.52. The van der Waals surface area contributed by atoms with Crippen molar-refractivity contribution < 1.29 is 9.62 Å². The van der Waals surface area contributed by atoms with E-state index in [1.165, 1.54) is 11.8 Å². The Bertz CT molecular complexity index is 311. The Morgan fingerprint density at radius 1 is 1.79 bits per heavy atom. The van der Waals surface area contributed by atoms with Gasteiger partial charge in [-0.3, -0.25) is 0 Å². The van der Waals surface area contributed by atoms with E-state index in [2.05, 4.69) is 10.1 Å². The second-order valence-corrected chi connectivity index (χ2v) is 3.84. The topological polar surface area (TPSA) is 84.6 Å². The molecule has 1 heterocycles. The molecule has 0 fully saturated rings. The highest BCUT2D eigenvalue weighted by Crippen LogP contribution is 2.17. The van der Waals surface area contributed by atoms with Crippen LogP contribution in [-0.2, 0) is 0 Å². The zero-order chi connectivity index (χ0) is 10.4. The van der Waals surface area contributed by atoms with Crippen LogP contribution in [0.15, 0.2) is 21.1 Å². The Labute approximate surface area is 86.4 Å². The number of oxime groups is 1. The van der Waals surface area contributed by atoms with Crippen LogP contribution in [0.4, 0.5) is 0 Å². The number of nitrogens with zero attached hydrogens (tertiary/aromatic N) is 2. The zero-order valence-electron chi connectivity index (χ0n) is 7.93. The molecule has 0 radical (unpaired) electrons. The minimum absolute atomic E-state index is 0.259. The van der Waals surface area contributed by atoms with Crippen molar-refractivity contribution in [3.63, 3.8) is 0 Å². The predicted octanol–water partition coefficient (Wildman–Crippen LogP) is 1.60. The molecule has 0 aliphatic rings. The molecule has 6 heteroatoms. The van der Waals surface area contributed by atoms with Gasteiger partial charge in [0.1, 0.15) is 12.1 Å². The lowest BCUT2D eigenvalue weighted by molar-refractivity contribution is 0.317. The molecule has 0 aliphatic heterocycles. The third-order valence-electron chi connectivity index (χ3n) is 1.53. The fourth-order valence-corrected chi connectivity index (χ4v) is 1.65. The Morgan fingerprint density at radius 2 is 2.57 bits per heavy atom. The van der Waals surface area contributed by atoms with Crippen molar-refractivity contribution in [2.75, 3.05) is 5.75 Å². The van der Waals surface area contributed by atoms with Gasteiger partial charge in [0.2, 0.25) is 0 Å². The molecule has 1 aromatic heterocycles. The summed E-state index contributed by atoms with van der Waals surface area (Å²) < 4.78 is 5.14. The van der Waals surface area contributed by atoms with E-state index in [1.54, 1.807) is 6.26 Å². The van der Waals surface area contributed by atoms with E-state index in [-0.39, 0.29) is 5.84 Å². The summed E-state index contributed by atoms with van der Waals surface area (Å²) in [6.07, 6.45) is 3.04. The van der Waals surface area contributed by atoms with Crippen molar-refractivity contribution in [2.45, 2.75) is 25.0 Å². The Morgan fingerprint density at radius 3 is 3.14 bits per heavy atom. The SMILES string of the molecule is Cc1coc(SCCCC(N)=NO)n1.